The molecule has 0 amide bonds. The van der Waals surface area contributed by atoms with Gasteiger partial charge in [-0.25, -0.2) is 14.8 Å². The van der Waals surface area contributed by atoms with Gasteiger partial charge in [-0.05, 0) is 19.4 Å². The number of carbonyl (C=O) groups is 1. The summed E-state index contributed by atoms with van der Waals surface area (Å²) in [4.78, 5) is 20.4. The fraction of sp³-hybridized carbons (Fsp3) is 0.368. The molecule has 3 aromatic heterocycles. The van der Waals surface area contributed by atoms with E-state index in [0.717, 1.165) is 24.9 Å². The number of anilines is 2. The van der Waals surface area contributed by atoms with Crippen LogP contribution in [0.1, 0.15) is 43.6 Å². The Morgan fingerprint density at radius 1 is 1.29 bits per heavy atom. The van der Waals surface area contributed by atoms with Crippen molar-refractivity contribution in [2.45, 2.75) is 33.1 Å². The number of esters is 1. The lowest BCUT2D eigenvalue weighted by Crippen LogP contribution is -2.04. The number of ether oxygens (including phenoxy) is 2. The normalized spacial score (nSPS) is 10.6. The summed E-state index contributed by atoms with van der Waals surface area (Å²) in [6, 6.07) is 5.23. The van der Waals surface area contributed by atoms with Gasteiger partial charge in [-0.1, -0.05) is 24.9 Å². The van der Waals surface area contributed by atoms with Crippen molar-refractivity contribution in [3.05, 3.63) is 35.5 Å². The Bertz CT molecular complexity index is 891. The minimum absolute atomic E-state index is 0.123. The number of hydrogen-bond acceptors (Lipinski definition) is 9. The molecule has 9 heteroatoms. The van der Waals surface area contributed by atoms with Gasteiger partial charge in [0.1, 0.15) is 5.69 Å². The molecule has 0 radical (unpaired) electrons. The molecule has 0 aliphatic carbocycles. The Kier molecular flexibility index (Phi) is 6.96. The van der Waals surface area contributed by atoms with Crippen molar-refractivity contribution >= 4 is 28.1 Å². The summed E-state index contributed by atoms with van der Waals surface area (Å²) in [5.41, 5.74) is 1.50. The van der Waals surface area contributed by atoms with Gasteiger partial charge >= 0.3 is 5.97 Å². The lowest BCUT2D eigenvalue weighted by Gasteiger charge is -2.06. The number of unbranched alkanes of at least 4 members (excludes halogenated alkanes) is 2. The Hall–Kier alpha value is -2.94. The number of thiazole rings is 1. The van der Waals surface area contributed by atoms with Crippen molar-refractivity contribution < 1.29 is 18.8 Å². The average molecular weight is 402 g/mol. The van der Waals surface area contributed by atoms with Crippen molar-refractivity contribution in [3.8, 4) is 17.3 Å². The third-order valence-corrected chi connectivity index (χ3v) is 4.49. The highest BCUT2D eigenvalue weighted by molar-refractivity contribution is 7.14. The van der Waals surface area contributed by atoms with Crippen LogP contribution in [-0.4, -0.2) is 34.3 Å². The molecule has 0 spiro atoms. The minimum Gasteiger partial charge on any atom is -0.478 e. The molecule has 3 heterocycles. The summed E-state index contributed by atoms with van der Waals surface area (Å²) in [5.74, 6) is 0.491. The van der Waals surface area contributed by atoms with Crippen LogP contribution in [0.4, 0.5) is 10.8 Å². The topological polar surface area (TPSA) is 99.4 Å². The number of rotatable bonds is 10. The third-order valence-electron chi connectivity index (χ3n) is 3.74. The van der Waals surface area contributed by atoms with E-state index >= 15 is 0 Å². The van der Waals surface area contributed by atoms with Gasteiger partial charge < -0.3 is 19.3 Å². The van der Waals surface area contributed by atoms with Crippen molar-refractivity contribution in [1.29, 1.82) is 0 Å². The smallest absolute Gasteiger partial charge is 0.360 e. The second-order valence-corrected chi connectivity index (χ2v) is 6.76. The van der Waals surface area contributed by atoms with E-state index in [1.165, 1.54) is 17.4 Å². The average Bonchev–Trinajstić information content (AvgIpc) is 3.36. The molecule has 0 aliphatic rings. The summed E-state index contributed by atoms with van der Waals surface area (Å²) < 4.78 is 15.7. The molecular weight excluding hydrogens is 380 g/mol. The monoisotopic (exact) mass is 402 g/mol. The van der Waals surface area contributed by atoms with Crippen LogP contribution in [0.3, 0.4) is 0 Å². The highest BCUT2D eigenvalue weighted by Crippen LogP contribution is 2.28. The lowest BCUT2D eigenvalue weighted by molar-refractivity contribution is 0.0514. The second-order valence-electron chi connectivity index (χ2n) is 5.90. The van der Waals surface area contributed by atoms with Gasteiger partial charge in [0, 0.05) is 17.5 Å². The van der Waals surface area contributed by atoms with Crippen LogP contribution in [0, 0.1) is 0 Å². The van der Waals surface area contributed by atoms with Crippen LogP contribution in [0.15, 0.2) is 34.3 Å². The van der Waals surface area contributed by atoms with Crippen LogP contribution in [0.2, 0.25) is 0 Å². The van der Waals surface area contributed by atoms with Gasteiger partial charge in [0.2, 0.25) is 5.88 Å². The first-order valence-corrected chi connectivity index (χ1v) is 10.0. The second kappa shape index (κ2) is 9.84. The molecule has 0 aliphatic heterocycles. The molecule has 148 valence electrons. The zero-order chi connectivity index (χ0) is 19.8. The highest BCUT2D eigenvalue weighted by atomic mass is 32.1. The van der Waals surface area contributed by atoms with E-state index in [9.17, 15) is 4.79 Å². The van der Waals surface area contributed by atoms with Gasteiger partial charge in [-0.15, -0.1) is 11.3 Å². The predicted molar refractivity (Wildman–Crippen MR) is 106 cm³/mol. The molecule has 0 saturated heterocycles. The number of carbonyl (C=O) groups excluding carboxylic acids is 1. The Morgan fingerprint density at radius 3 is 2.93 bits per heavy atom. The van der Waals surface area contributed by atoms with E-state index in [0.29, 0.717) is 29.1 Å². The van der Waals surface area contributed by atoms with E-state index in [2.05, 4.69) is 27.4 Å². The zero-order valence-corrected chi connectivity index (χ0v) is 16.6. The van der Waals surface area contributed by atoms with Crippen LogP contribution < -0.4 is 10.1 Å². The maximum absolute atomic E-state index is 11.7. The van der Waals surface area contributed by atoms with Crippen molar-refractivity contribution in [2.24, 2.45) is 0 Å². The molecule has 0 unspecified atom stereocenters. The van der Waals surface area contributed by atoms with Crippen LogP contribution in [0.5, 0.6) is 5.88 Å². The number of nitrogens with one attached hydrogen (secondary N) is 1. The number of pyridine rings is 1. The lowest BCUT2D eigenvalue weighted by atomic mass is 10.3. The summed E-state index contributed by atoms with van der Waals surface area (Å²) in [7, 11) is 0. The standard InChI is InChI=1S/C19H22N4O4S/c1-3-5-6-9-26-17-8-7-13(11-20-17)21-19-22-15(12-28-19)16-10-14(23-27-16)18(24)25-4-2/h7-8,10-12H,3-6,9H2,1-2H3,(H,21,22). The Balaban J connectivity index is 1.58. The predicted octanol–water partition coefficient (Wildman–Crippen LogP) is 4.68. The summed E-state index contributed by atoms with van der Waals surface area (Å²) in [6.45, 7) is 4.85. The number of aromatic nitrogens is 3. The molecule has 3 aromatic rings. The van der Waals surface area contributed by atoms with Gasteiger partial charge in [0.25, 0.3) is 0 Å². The van der Waals surface area contributed by atoms with Gasteiger partial charge in [-0.3, -0.25) is 0 Å². The van der Waals surface area contributed by atoms with E-state index in [4.69, 9.17) is 14.0 Å². The quantitative estimate of drug-likeness (QED) is 0.385. The molecule has 8 nitrogen and oxygen atoms in total. The minimum atomic E-state index is -0.519. The maximum Gasteiger partial charge on any atom is 0.360 e. The fourth-order valence-electron chi connectivity index (χ4n) is 2.33. The van der Waals surface area contributed by atoms with Crippen molar-refractivity contribution in [2.75, 3.05) is 18.5 Å². The van der Waals surface area contributed by atoms with Gasteiger partial charge in [0.15, 0.2) is 16.6 Å². The molecule has 28 heavy (non-hydrogen) atoms. The summed E-state index contributed by atoms with van der Waals surface area (Å²) >= 11 is 1.41. The van der Waals surface area contributed by atoms with Crippen LogP contribution in [0.25, 0.3) is 11.5 Å². The SMILES string of the molecule is CCCCCOc1ccc(Nc2nc(-c3cc(C(=O)OCC)no3)cs2)cn1. The molecule has 0 bridgehead atoms. The summed E-state index contributed by atoms with van der Waals surface area (Å²) in [5, 5.41) is 9.39. The molecule has 3 rings (SSSR count). The van der Waals surface area contributed by atoms with Crippen LogP contribution >= 0.6 is 11.3 Å². The van der Waals surface area contributed by atoms with E-state index in [1.807, 2.05) is 17.5 Å². The van der Waals surface area contributed by atoms with E-state index in [-0.39, 0.29) is 12.3 Å². The van der Waals surface area contributed by atoms with E-state index < -0.39 is 5.97 Å². The Morgan fingerprint density at radius 2 is 2.18 bits per heavy atom. The first-order valence-electron chi connectivity index (χ1n) is 9.15. The Labute approximate surface area is 166 Å². The van der Waals surface area contributed by atoms with Gasteiger partial charge in [-0.2, -0.15) is 0 Å². The van der Waals surface area contributed by atoms with E-state index in [1.54, 1.807) is 13.1 Å². The first kappa shape index (κ1) is 19.8. The van der Waals surface area contributed by atoms with Crippen molar-refractivity contribution in [1.82, 2.24) is 15.1 Å². The maximum atomic E-state index is 11.7. The van der Waals surface area contributed by atoms with Gasteiger partial charge in [0.05, 0.1) is 25.1 Å². The molecule has 0 atom stereocenters. The molecule has 0 saturated carbocycles. The van der Waals surface area contributed by atoms with Crippen LogP contribution in [-0.2, 0) is 4.74 Å². The number of nitrogens with zero attached hydrogens (tertiary/aromatic N) is 3. The highest BCUT2D eigenvalue weighted by Gasteiger charge is 2.16. The molecule has 1 N–H and O–H groups in total. The first-order chi connectivity index (χ1) is 13.7. The molecule has 0 aromatic carbocycles. The van der Waals surface area contributed by atoms with Crippen molar-refractivity contribution in [3.63, 3.8) is 0 Å². The number of hydrogen-bond donors (Lipinski definition) is 1. The molecule has 0 fully saturated rings. The third kappa shape index (κ3) is 5.29. The summed E-state index contributed by atoms with van der Waals surface area (Å²) in [6.07, 6.45) is 5.04. The molecular formula is C19H22N4O4S. The fourth-order valence-corrected chi connectivity index (χ4v) is 3.05. The largest absolute Gasteiger partial charge is 0.478 e. The zero-order valence-electron chi connectivity index (χ0n) is 15.8.